The van der Waals surface area contributed by atoms with Crippen molar-refractivity contribution >= 4 is 17.2 Å². The number of aromatic hydroxyl groups is 1. The van der Waals surface area contributed by atoms with Crippen molar-refractivity contribution in [3.05, 3.63) is 34.7 Å². The Labute approximate surface area is 158 Å². The third-order valence-electron chi connectivity index (χ3n) is 4.51. The fourth-order valence-corrected chi connectivity index (χ4v) is 4.21. The first kappa shape index (κ1) is 18.7. The Morgan fingerprint density at radius 3 is 2.81 bits per heavy atom. The van der Waals surface area contributed by atoms with Gasteiger partial charge in [-0.05, 0) is 50.8 Å². The van der Waals surface area contributed by atoms with Crippen molar-refractivity contribution in [3.63, 3.8) is 0 Å². The van der Waals surface area contributed by atoms with Gasteiger partial charge >= 0.3 is 0 Å². The molecule has 0 radical (unpaired) electrons. The summed E-state index contributed by atoms with van der Waals surface area (Å²) in [4.78, 5) is 19.0. The van der Waals surface area contributed by atoms with Crippen LogP contribution in [0.2, 0.25) is 0 Å². The molecule has 0 saturated heterocycles. The van der Waals surface area contributed by atoms with Gasteiger partial charge in [-0.2, -0.15) is 0 Å². The van der Waals surface area contributed by atoms with Gasteiger partial charge < -0.3 is 19.6 Å². The Balaban J connectivity index is 1.88. The Bertz CT molecular complexity index is 800. The summed E-state index contributed by atoms with van der Waals surface area (Å²) in [6, 6.07) is 7.90. The molecule has 1 N–H and O–H groups in total. The summed E-state index contributed by atoms with van der Waals surface area (Å²) in [5.74, 6) is 0.673. The second-order valence-corrected chi connectivity index (χ2v) is 8.45. The Morgan fingerprint density at radius 2 is 2.15 bits per heavy atom. The van der Waals surface area contributed by atoms with Gasteiger partial charge in [0.05, 0.1) is 6.54 Å². The number of carbonyl (C=O) groups is 1. The topological polar surface area (TPSA) is 53.0 Å². The maximum Gasteiger partial charge on any atom is 0.227 e. The number of phenols is 1. The third kappa shape index (κ3) is 4.02. The van der Waals surface area contributed by atoms with Crippen LogP contribution in [0.4, 0.5) is 0 Å². The van der Waals surface area contributed by atoms with Crippen LogP contribution in [-0.2, 0) is 11.3 Å². The fraction of sp³-hybridized carbons (Fsp3) is 0.450. The molecule has 2 aromatic rings. The van der Waals surface area contributed by atoms with Crippen molar-refractivity contribution in [2.24, 2.45) is 5.92 Å². The minimum atomic E-state index is -0.0803. The third-order valence-corrected chi connectivity index (χ3v) is 5.56. The first-order valence-electron chi connectivity index (χ1n) is 8.84. The molecule has 0 bridgehead atoms. The summed E-state index contributed by atoms with van der Waals surface area (Å²) in [7, 11) is 3.94. The molecule has 1 aromatic carbocycles. The van der Waals surface area contributed by atoms with E-state index in [0.29, 0.717) is 32.0 Å². The van der Waals surface area contributed by atoms with E-state index in [2.05, 4.69) is 19.1 Å². The summed E-state index contributed by atoms with van der Waals surface area (Å²) >= 11 is 1.69. The number of ether oxygens (including phenoxy) is 1. The number of thiophene rings is 1. The predicted octanol–water partition coefficient (Wildman–Crippen LogP) is 3.35. The number of hydrogen-bond donors (Lipinski definition) is 1. The molecule has 1 aromatic heterocycles. The minimum absolute atomic E-state index is 0.0803. The van der Waals surface area contributed by atoms with Gasteiger partial charge in [-0.1, -0.05) is 6.92 Å². The molecule has 26 heavy (non-hydrogen) atoms. The molecule has 3 rings (SSSR count). The summed E-state index contributed by atoms with van der Waals surface area (Å²) < 4.78 is 5.77. The number of rotatable bonds is 4. The highest BCUT2D eigenvalue weighted by molar-refractivity contribution is 7.15. The zero-order valence-electron chi connectivity index (χ0n) is 15.8. The van der Waals surface area contributed by atoms with Gasteiger partial charge in [0.2, 0.25) is 5.91 Å². The lowest BCUT2D eigenvalue weighted by molar-refractivity contribution is -0.136. The van der Waals surface area contributed by atoms with Crippen LogP contribution in [0.1, 0.15) is 17.4 Å². The van der Waals surface area contributed by atoms with Gasteiger partial charge in [-0.25, -0.2) is 0 Å². The number of hydrogen-bond acceptors (Lipinski definition) is 5. The van der Waals surface area contributed by atoms with E-state index in [4.69, 9.17) is 4.74 Å². The van der Waals surface area contributed by atoms with E-state index < -0.39 is 0 Å². The van der Waals surface area contributed by atoms with Crippen LogP contribution in [-0.4, -0.2) is 54.6 Å². The Morgan fingerprint density at radius 1 is 1.38 bits per heavy atom. The van der Waals surface area contributed by atoms with Gasteiger partial charge in [0.15, 0.2) is 11.5 Å². The SMILES string of the molecule is Cc1ccc(-c2cc(O)c3c(c2)CN(C(=O)C(C)CN(C)C)CCO3)s1. The van der Waals surface area contributed by atoms with Crippen molar-refractivity contribution < 1.29 is 14.6 Å². The molecule has 1 aliphatic heterocycles. The normalized spacial score (nSPS) is 15.3. The average Bonchev–Trinajstić information content (AvgIpc) is 2.88. The summed E-state index contributed by atoms with van der Waals surface area (Å²) in [6.07, 6.45) is 0. The molecule has 0 saturated carbocycles. The lowest BCUT2D eigenvalue weighted by atomic mass is 10.1. The van der Waals surface area contributed by atoms with Crippen LogP contribution in [0.25, 0.3) is 10.4 Å². The Kier molecular flexibility index (Phi) is 5.53. The first-order chi connectivity index (χ1) is 12.3. The maximum atomic E-state index is 12.8. The highest BCUT2D eigenvalue weighted by Crippen LogP contribution is 2.39. The van der Waals surface area contributed by atoms with Crippen LogP contribution < -0.4 is 4.74 Å². The molecule has 1 amide bonds. The number of carbonyl (C=O) groups excluding carboxylic acids is 1. The summed E-state index contributed by atoms with van der Waals surface area (Å²) in [5, 5.41) is 10.5. The number of fused-ring (bicyclic) bond motifs is 1. The number of benzene rings is 1. The number of phenolic OH excluding ortho intramolecular Hbond substituents is 1. The molecule has 1 unspecified atom stereocenters. The van der Waals surface area contributed by atoms with Crippen molar-refractivity contribution in [2.75, 3.05) is 33.8 Å². The summed E-state index contributed by atoms with van der Waals surface area (Å²) in [5.41, 5.74) is 1.81. The molecule has 0 aliphatic carbocycles. The molecule has 5 nitrogen and oxygen atoms in total. The molecule has 1 atom stereocenters. The monoisotopic (exact) mass is 374 g/mol. The van der Waals surface area contributed by atoms with Crippen LogP contribution in [0, 0.1) is 12.8 Å². The number of aryl methyl sites for hydroxylation is 1. The largest absolute Gasteiger partial charge is 0.504 e. The first-order valence-corrected chi connectivity index (χ1v) is 9.66. The average molecular weight is 375 g/mol. The molecular weight excluding hydrogens is 348 g/mol. The zero-order valence-corrected chi connectivity index (χ0v) is 16.6. The van der Waals surface area contributed by atoms with E-state index in [9.17, 15) is 9.90 Å². The molecule has 1 aliphatic rings. The summed E-state index contributed by atoms with van der Waals surface area (Å²) in [6.45, 7) is 6.10. The second kappa shape index (κ2) is 7.68. The van der Waals surface area contributed by atoms with E-state index in [0.717, 1.165) is 16.0 Å². The van der Waals surface area contributed by atoms with Crippen molar-refractivity contribution in [3.8, 4) is 21.9 Å². The van der Waals surface area contributed by atoms with Crippen LogP contribution in [0.15, 0.2) is 24.3 Å². The lowest BCUT2D eigenvalue weighted by Crippen LogP contribution is -2.39. The van der Waals surface area contributed by atoms with E-state index in [1.807, 2.05) is 36.9 Å². The highest BCUT2D eigenvalue weighted by Gasteiger charge is 2.26. The van der Waals surface area contributed by atoms with Crippen LogP contribution in [0.3, 0.4) is 0 Å². The quantitative estimate of drug-likeness (QED) is 0.892. The molecule has 6 heteroatoms. The molecule has 2 heterocycles. The minimum Gasteiger partial charge on any atom is -0.504 e. The van der Waals surface area contributed by atoms with E-state index in [-0.39, 0.29) is 17.6 Å². The van der Waals surface area contributed by atoms with E-state index in [1.54, 1.807) is 17.4 Å². The van der Waals surface area contributed by atoms with Gasteiger partial charge in [0.25, 0.3) is 0 Å². The smallest absolute Gasteiger partial charge is 0.227 e. The van der Waals surface area contributed by atoms with Gasteiger partial charge in [0.1, 0.15) is 6.61 Å². The molecule has 0 spiro atoms. The van der Waals surface area contributed by atoms with Crippen molar-refractivity contribution in [1.29, 1.82) is 0 Å². The number of nitrogens with zero attached hydrogens (tertiary/aromatic N) is 2. The van der Waals surface area contributed by atoms with E-state index in [1.165, 1.54) is 4.88 Å². The fourth-order valence-electron chi connectivity index (χ4n) is 3.36. The lowest BCUT2D eigenvalue weighted by Gasteiger charge is -2.25. The second-order valence-electron chi connectivity index (χ2n) is 7.17. The zero-order chi connectivity index (χ0) is 18.8. The van der Waals surface area contributed by atoms with Crippen LogP contribution in [0.5, 0.6) is 11.5 Å². The van der Waals surface area contributed by atoms with Crippen molar-refractivity contribution in [2.45, 2.75) is 20.4 Å². The molecule has 140 valence electrons. The van der Waals surface area contributed by atoms with Crippen molar-refractivity contribution in [1.82, 2.24) is 9.80 Å². The van der Waals surface area contributed by atoms with Gasteiger partial charge in [-0.15, -0.1) is 11.3 Å². The van der Waals surface area contributed by atoms with Gasteiger partial charge in [-0.3, -0.25) is 4.79 Å². The highest BCUT2D eigenvalue weighted by atomic mass is 32.1. The molecule has 0 fully saturated rings. The maximum absolute atomic E-state index is 12.8. The Hall–Kier alpha value is -2.05. The number of amides is 1. The predicted molar refractivity (Wildman–Crippen MR) is 105 cm³/mol. The van der Waals surface area contributed by atoms with Crippen LogP contribution >= 0.6 is 11.3 Å². The van der Waals surface area contributed by atoms with Gasteiger partial charge in [0, 0.05) is 34.3 Å². The van der Waals surface area contributed by atoms with E-state index >= 15 is 0 Å². The standard InChI is InChI=1S/C20H26N2O3S/c1-13(11-21(3)4)20(24)22-7-8-25-19-16(12-22)9-15(10-17(19)23)18-6-5-14(2)26-18/h5-6,9-10,13,23H,7-8,11-12H2,1-4H3. The molecular formula is C20H26N2O3S.